The maximum absolute atomic E-state index is 13.3. The maximum Gasteiger partial charge on any atom is 0.305 e. The second-order valence-electron chi connectivity index (χ2n) is 11.9. The van der Waals surface area contributed by atoms with E-state index in [2.05, 4.69) is 21.3 Å². The summed E-state index contributed by atoms with van der Waals surface area (Å²) in [5.74, 6) is -2.33. The summed E-state index contributed by atoms with van der Waals surface area (Å²) in [7, 11) is 0. The number of ether oxygens (including phenoxy) is 1. The van der Waals surface area contributed by atoms with E-state index in [1.807, 2.05) is 27.7 Å². The molecule has 1 rings (SSSR count). The SMILES string of the molecule is CC(C)COC(=O)CC[C@@H](NC(=O)[C@H](N)C(C)C)C(=O)N[C@H](CC(C)C)C(=O)N[C@H](C)C(=O)NC1CCCC1. The molecule has 0 bridgehead atoms. The predicted octanol–water partition coefficient (Wildman–Crippen LogP) is 1.53. The molecule has 0 aromatic carbocycles. The van der Waals surface area contributed by atoms with Crippen molar-refractivity contribution in [3.8, 4) is 0 Å². The Hall–Kier alpha value is -2.69. The average molecular weight is 554 g/mol. The molecule has 224 valence electrons. The van der Waals surface area contributed by atoms with E-state index < -0.39 is 47.9 Å². The van der Waals surface area contributed by atoms with Crippen LogP contribution < -0.4 is 27.0 Å². The fraction of sp³-hybridized carbons (Fsp3) is 0.821. The summed E-state index contributed by atoms with van der Waals surface area (Å²) in [6.07, 6.45) is 4.20. The van der Waals surface area contributed by atoms with Crippen molar-refractivity contribution < 1.29 is 28.7 Å². The number of hydrogen-bond acceptors (Lipinski definition) is 7. The van der Waals surface area contributed by atoms with Crippen molar-refractivity contribution in [3.05, 3.63) is 0 Å². The summed E-state index contributed by atoms with van der Waals surface area (Å²) >= 11 is 0. The highest BCUT2D eigenvalue weighted by Crippen LogP contribution is 2.17. The first-order valence-electron chi connectivity index (χ1n) is 14.3. The molecule has 4 amide bonds. The van der Waals surface area contributed by atoms with Gasteiger partial charge in [0.05, 0.1) is 12.6 Å². The normalized spacial score (nSPS) is 16.9. The summed E-state index contributed by atoms with van der Waals surface area (Å²) in [5.41, 5.74) is 5.96. The summed E-state index contributed by atoms with van der Waals surface area (Å²) < 4.78 is 5.20. The lowest BCUT2D eigenvalue weighted by Gasteiger charge is -2.26. The molecule has 0 unspecified atom stereocenters. The molecular weight excluding hydrogens is 502 g/mol. The van der Waals surface area contributed by atoms with E-state index in [9.17, 15) is 24.0 Å². The van der Waals surface area contributed by atoms with Crippen LogP contribution in [0.15, 0.2) is 0 Å². The molecule has 0 aliphatic heterocycles. The zero-order valence-electron chi connectivity index (χ0n) is 24.8. The molecule has 1 saturated carbocycles. The molecule has 0 heterocycles. The molecule has 0 spiro atoms. The van der Waals surface area contributed by atoms with Gasteiger partial charge in [-0.05, 0) is 50.4 Å². The standard InChI is InChI=1S/C28H51N5O6/c1-16(2)14-22(27(37)30-19(7)25(35)31-20-10-8-9-11-20)33-26(36)21(32-28(38)24(29)18(5)6)12-13-23(34)39-15-17(3)4/h16-22,24H,8-15,29H2,1-7H3,(H,30,37)(H,31,35)(H,32,38)(H,33,36)/t19-,21-,22-,24-/m1/s1. The minimum atomic E-state index is -1.10. The quantitative estimate of drug-likeness (QED) is 0.181. The third-order valence-electron chi connectivity index (χ3n) is 6.66. The van der Waals surface area contributed by atoms with E-state index in [1.54, 1.807) is 20.8 Å². The van der Waals surface area contributed by atoms with E-state index in [4.69, 9.17) is 10.5 Å². The summed E-state index contributed by atoms with van der Waals surface area (Å²) in [6.45, 7) is 13.1. The van der Waals surface area contributed by atoms with Crippen molar-refractivity contribution in [2.24, 2.45) is 23.5 Å². The van der Waals surface area contributed by atoms with Gasteiger partial charge in [0, 0.05) is 12.5 Å². The Morgan fingerprint density at radius 2 is 1.33 bits per heavy atom. The van der Waals surface area contributed by atoms with Crippen molar-refractivity contribution in [1.82, 2.24) is 21.3 Å². The summed E-state index contributed by atoms with van der Waals surface area (Å²) in [5, 5.41) is 11.0. The monoisotopic (exact) mass is 553 g/mol. The zero-order chi connectivity index (χ0) is 29.7. The third kappa shape index (κ3) is 13.3. The molecule has 1 fully saturated rings. The molecule has 0 saturated heterocycles. The van der Waals surface area contributed by atoms with Gasteiger partial charge in [-0.3, -0.25) is 24.0 Å². The third-order valence-corrected chi connectivity index (χ3v) is 6.66. The molecule has 1 aliphatic rings. The minimum absolute atomic E-state index is 0.0183. The van der Waals surface area contributed by atoms with Gasteiger partial charge in [-0.25, -0.2) is 0 Å². The van der Waals surface area contributed by atoms with Crippen LogP contribution >= 0.6 is 0 Å². The second kappa shape index (κ2) is 17.1. The van der Waals surface area contributed by atoms with Gasteiger partial charge in [0.2, 0.25) is 23.6 Å². The van der Waals surface area contributed by atoms with Crippen LogP contribution in [0.3, 0.4) is 0 Å². The van der Waals surface area contributed by atoms with Crippen LogP contribution in [-0.4, -0.2) is 66.4 Å². The number of esters is 1. The topological polar surface area (TPSA) is 169 Å². The van der Waals surface area contributed by atoms with Gasteiger partial charge >= 0.3 is 5.97 Å². The van der Waals surface area contributed by atoms with Gasteiger partial charge in [-0.15, -0.1) is 0 Å². The molecule has 6 N–H and O–H groups in total. The second-order valence-corrected chi connectivity index (χ2v) is 11.9. The highest BCUT2D eigenvalue weighted by atomic mass is 16.5. The number of carbonyl (C=O) groups is 5. The number of hydrogen-bond donors (Lipinski definition) is 5. The van der Waals surface area contributed by atoms with E-state index in [1.165, 1.54) is 0 Å². The van der Waals surface area contributed by atoms with Crippen LogP contribution in [0.4, 0.5) is 0 Å². The molecule has 0 aromatic heterocycles. The largest absolute Gasteiger partial charge is 0.465 e. The van der Waals surface area contributed by atoms with Crippen molar-refractivity contribution >= 4 is 29.6 Å². The highest BCUT2D eigenvalue weighted by molar-refractivity contribution is 5.95. The van der Waals surface area contributed by atoms with E-state index in [0.717, 1.165) is 25.7 Å². The van der Waals surface area contributed by atoms with Gasteiger partial charge < -0.3 is 31.7 Å². The Kier molecular flexibility index (Phi) is 15.1. The lowest BCUT2D eigenvalue weighted by molar-refractivity contribution is -0.145. The Morgan fingerprint density at radius 1 is 0.769 bits per heavy atom. The molecule has 39 heavy (non-hydrogen) atoms. The molecular formula is C28H51N5O6. The number of nitrogens with one attached hydrogen (secondary N) is 4. The molecule has 0 radical (unpaired) electrons. The molecule has 1 aliphatic carbocycles. The summed E-state index contributed by atoms with van der Waals surface area (Å²) in [4.78, 5) is 63.9. The smallest absolute Gasteiger partial charge is 0.305 e. The zero-order valence-corrected chi connectivity index (χ0v) is 24.8. The van der Waals surface area contributed by atoms with Gasteiger partial charge in [0.1, 0.15) is 18.1 Å². The fourth-order valence-corrected chi connectivity index (χ4v) is 4.18. The minimum Gasteiger partial charge on any atom is -0.465 e. The van der Waals surface area contributed by atoms with E-state index in [-0.39, 0.29) is 49.2 Å². The van der Waals surface area contributed by atoms with Crippen molar-refractivity contribution in [2.75, 3.05) is 6.61 Å². The lowest BCUT2D eigenvalue weighted by atomic mass is 10.0. The predicted molar refractivity (Wildman–Crippen MR) is 149 cm³/mol. The number of amides is 4. The van der Waals surface area contributed by atoms with Gasteiger partial charge in [-0.1, -0.05) is 54.4 Å². The molecule has 11 heteroatoms. The summed E-state index contributed by atoms with van der Waals surface area (Å²) in [6, 6.07) is -3.54. The van der Waals surface area contributed by atoms with Crippen molar-refractivity contribution in [2.45, 2.75) is 124 Å². The van der Waals surface area contributed by atoms with Crippen LogP contribution in [0.1, 0.15) is 93.4 Å². The Morgan fingerprint density at radius 3 is 1.87 bits per heavy atom. The Labute approximate surface area is 233 Å². The number of nitrogens with two attached hydrogens (primary N) is 1. The first-order valence-corrected chi connectivity index (χ1v) is 14.3. The maximum atomic E-state index is 13.3. The van der Waals surface area contributed by atoms with Gasteiger partial charge in [0.15, 0.2) is 0 Å². The van der Waals surface area contributed by atoms with Gasteiger partial charge in [-0.2, -0.15) is 0 Å². The van der Waals surface area contributed by atoms with Crippen LogP contribution in [0.5, 0.6) is 0 Å². The molecule has 4 atom stereocenters. The fourth-order valence-electron chi connectivity index (χ4n) is 4.18. The molecule has 11 nitrogen and oxygen atoms in total. The highest BCUT2D eigenvalue weighted by Gasteiger charge is 2.31. The lowest BCUT2D eigenvalue weighted by Crippen LogP contribution is -2.58. The van der Waals surface area contributed by atoms with E-state index in [0.29, 0.717) is 6.42 Å². The van der Waals surface area contributed by atoms with Crippen LogP contribution in [0, 0.1) is 17.8 Å². The van der Waals surface area contributed by atoms with Crippen molar-refractivity contribution in [1.29, 1.82) is 0 Å². The first kappa shape index (κ1) is 34.3. The van der Waals surface area contributed by atoms with Crippen molar-refractivity contribution in [3.63, 3.8) is 0 Å². The van der Waals surface area contributed by atoms with Crippen LogP contribution in [0.2, 0.25) is 0 Å². The number of rotatable bonds is 16. The number of carbonyl (C=O) groups excluding carboxylic acids is 5. The van der Waals surface area contributed by atoms with Gasteiger partial charge in [0.25, 0.3) is 0 Å². The average Bonchev–Trinajstić information content (AvgIpc) is 3.36. The Balaban J connectivity index is 2.92. The van der Waals surface area contributed by atoms with E-state index >= 15 is 0 Å². The van der Waals surface area contributed by atoms with Crippen LogP contribution in [-0.2, 0) is 28.7 Å². The van der Waals surface area contributed by atoms with Crippen LogP contribution in [0.25, 0.3) is 0 Å². The molecule has 0 aromatic rings. The Bertz CT molecular complexity index is 825. The first-order chi connectivity index (χ1) is 18.2.